The molecule has 0 aliphatic heterocycles. The molecule has 0 N–H and O–H groups in total. The average molecular weight is 193 g/mol. The quantitative estimate of drug-likeness (QED) is 0.682. The smallest absolute Gasteiger partial charge is 0.136 e. The lowest BCUT2D eigenvalue weighted by molar-refractivity contribution is 0.413. The summed E-state index contributed by atoms with van der Waals surface area (Å²) in [6.07, 6.45) is 0. The first kappa shape index (κ1) is 15.0. The number of para-hydroxylation sites is 1. The molecule has 1 aromatic rings. The van der Waals surface area contributed by atoms with Crippen LogP contribution in [0.5, 0.6) is 5.75 Å². The molecule has 0 bridgehead atoms. The Kier molecular flexibility index (Phi) is 12.3. The molecule has 0 aliphatic rings. The van der Waals surface area contributed by atoms with Crippen molar-refractivity contribution < 1.29 is 4.74 Å². The molecule has 0 aromatic heterocycles. The van der Waals surface area contributed by atoms with Gasteiger partial charge in [-0.25, -0.2) is 0 Å². The predicted molar refractivity (Wildman–Crippen MR) is 60.4 cm³/mol. The summed E-state index contributed by atoms with van der Waals surface area (Å²) in [5.41, 5.74) is 0.574. The van der Waals surface area contributed by atoms with Gasteiger partial charge in [-0.1, -0.05) is 39.8 Å². The van der Waals surface area contributed by atoms with E-state index in [1.165, 1.54) is 0 Å². The van der Waals surface area contributed by atoms with Gasteiger partial charge in [-0.2, -0.15) is 5.26 Å². The van der Waals surface area contributed by atoms with Crippen molar-refractivity contribution in [1.82, 2.24) is 0 Å². The molecule has 0 unspecified atom stereocenters. The van der Waals surface area contributed by atoms with Crippen LogP contribution in [0.15, 0.2) is 24.3 Å². The van der Waals surface area contributed by atoms with E-state index < -0.39 is 0 Å². The molecular formula is C12H19NO. The monoisotopic (exact) mass is 193 g/mol. The van der Waals surface area contributed by atoms with Gasteiger partial charge in [-0.05, 0) is 12.1 Å². The Balaban J connectivity index is 0. The van der Waals surface area contributed by atoms with Gasteiger partial charge in [0.2, 0.25) is 0 Å². The molecule has 0 saturated heterocycles. The fraction of sp³-hybridized carbons (Fsp3) is 0.417. The molecule has 0 atom stereocenters. The number of rotatable bonds is 1. The third-order valence-corrected chi connectivity index (χ3v) is 1.23. The van der Waals surface area contributed by atoms with Gasteiger partial charge < -0.3 is 4.74 Å². The first-order valence-corrected chi connectivity index (χ1v) is 4.91. The topological polar surface area (TPSA) is 33.0 Å². The summed E-state index contributed by atoms with van der Waals surface area (Å²) in [5, 5.41) is 8.52. The minimum atomic E-state index is 0.574. The highest BCUT2D eigenvalue weighted by molar-refractivity contribution is 5.42. The Morgan fingerprint density at radius 1 is 1.07 bits per heavy atom. The Morgan fingerprint density at radius 2 is 1.57 bits per heavy atom. The molecule has 2 nitrogen and oxygen atoms in total. The largest absolute Gasteiger partial charge is 0.495 e. The van der Waals surface area contributed by atoms with Crippen molar-refractivity contribution in [3.63, 3.8) is 0 Å². The number of hydrogen-bond acceptors (Lipinski definition) is 2. The molecule has 0 aliphatic carbocycles. The van der Waals surface area contributed by atoms with Gasteiger partial charge in [0.05, 0.1) is 12.7 Å². The Hall–Kier alpha value is -1.49. The number of benzene rings is 1. The fourth-order valence-electron chi connectivity index (χ4n) is 0.737. The zero-order valence-corrected chi connectivity index (χ0v) is 9.66. The van der Waals surface area contributed by atoms with Crippen molar-refractivity contribution in [2.24, 2.45) is 0 Å². The van der Waals surface area contributed by atoms with E-state index in [-0.39, 0.29) is 0 Å². The van der Waals surface area contributed by atoms with E-state index in [0.717, 1.165) is 0 Å². The highest BCUT2D eigenvalue weighted by Gasteiger charge is 1.96. The Bertz CT molecular complexity index is 263. The summed E-state index contributed by atoms with van der Waals surface area (Å²) in [6.45, 7) is 8.00. The molecule has 0 fully saturated rings. The Labute approximate surface area is 87.1 Å². The van der Waals surface area contributed by atoms with Crippen molar-refractivity contribution in [2.45, 2.75) is 27.7 Å². The standard InChI is InChI=1S/C8H7NO.2C2H6/c1-10-8-5-3-2-4-7(8)6-9;2*1-2/h2-5H,1H3;2*1-2H3. The molecule has 1 rings (SSSR count). The van der Waals surface area contributed by atoms with Crippen LogP contribution in [0.4, 0.5) is 0 Å². The lowest BCUT2D eigenvalue weighted by Crippen LogP contribution is -1.85. The number of methoxy groups -OCH3 is 1. The van der Waals surface area contributed by atoms with Crippen molar-refractivity contribution in [3.8, 4) is 11.8 Å². The van der Waals surface area contributed by atoms with Gasteiger partial charge in [-0.15, -0.1) is 0 Å². The maximum absolute atomic E-state index is 8.52. The van der Waals surface area contributed by atoms with Gasteiger partial charge in [-0.3, -0.25) is 0 Å². The third-order valence-electron chi connectivity index (χ3n) is 1.23. The minimum absolute atomic E-state index is 0.574. The van der Waals surface area contributed by atoms with Crippen LogP contribution in [-0.4, -0.2) is 7.11 Å². The maximum atomic E-state index is 8.52. The second-order valence-corrected chi connectivity index (χ2v) is 1.81. The molecule has 0 saturated carbocycles. The van der Waals surface area contributed by atoms with E-state index in [2.05, 4.69) is 0 Å². The van der Waals surface area contributed by atoms with Crippen LogP contribution >= 0.6 is 0 Å². The highest BCUT2D eigenvalue weighted by atomic mass is 16.5. The van der Waals surface area contributed by atoms with Gasteiger partial charge in [0.1, 0.15) is 11.8 Å². The van der Waals surface area contributed by atoms with E-state index in [1.54, 1.807) is 25.3 Å². The molecule has 0 spiro atoms. The first-order chi connectivity index (χ1) is 6.88. The van der Waals surface area contributed by atoms with Crippen LogP contribution in [-0.2, 0) is 0 Å². The zero-order chi connectivity index (χ0) is 11.4. The van der Waals surface area contributed by atoms with Gasteiger partial charge in [0.25, 0.3) is 0 Å². The molecule has 14 heavy (non-hydrogen) atoms. The highest BCUT2D eigenvalue weighted by Crippen LogP contribution is 2.14. The molecule has 0 radical (unpaired) electrons. The summed E-state index contributed by atoms with van der Waals surface area (Å²) >= 11 is 0. The van der Waals surface area contributed by atoms with Crippen molar-refractivity contribution >= 4 is 0 Å². The van der Waals surface area contributed by atoms with Crippen molar-refractivity contribution in [1.29, 1.82) is 5.26 Å². The van der Waals surface area contributed by atoms with E-state index >= 15 is 0 Å². The number of hydrogen-bond donors (Lipinski definition) is 0. The normalized spacial score (nSPS) is 6.86. The second-order valence-electron chi connectivity index (χ2n) is 1.81. The zero-order valence-electron chi connectivity index (χ0n) is 9.66. The molecule has 1 aromatic carbocycles. The van der Waals surface area contributed by atoms with Gasteiger partial charge in [0, 0.05) is 0 Å². The predicted octanol–water partition coefficient (Wildman–Crippen LogP) is 3.62. The Morgan fingerprint density at radius 3 is 1.93 bits per heavy atom. The molecule has 0 amide bonds. The van der Waals surface area contributed by atoms with Gasteiger partial charge >= 0.3 is 0 Å². The summed E-state index contributed by atoms with van der Waals surface area (Å²) in [6, 6.07) is 9.14. The van der Waals surface area contributed by atoms with Gasteiger partial charge in [0.15, 0.2) is 0 Å². The van der Waals surface area contributed by atoms with E-state index in [9.17, 15) is 0 Å². The van der Waals surface area contributed by atoms with Crippen LogP contribution in [0.2, 0.25) is 0 Å². The van der Waals surface area contributed by atoms with Crippen LogP contribution < -0.4 is 4.74 Å². The fourth-order valence-corrected chi connectivity index (χ4v) is 0.737. The van der Waals surface area contributed by atoms with Crippen molar-refractivity contribution in [2.75, 3.05) is 7.11 Å². The van der Waals surface area contributed by atoms with Crippen LogP contribution in [0.25, 0.3) is 0 Å². The summed E-state index contributed by atoms with van der Waals surface area (Å²) < 4.78 is 4.91. The molecule has 0 heterocycles. The van der Waals surface area contributed by atoms with Crippen molar-refractivity contribution in [3.05, 3.63) is 29.8 Å². The van der Waals surface area contributed by atoms with E-state index in [4.69, 9.17) is 10.00 Å². The lowest BCUT2D eigenvalue weighted by atomic mass is 10.2. The minimum Gasteiger partial charge on any atom is -0.495 e. The molecular weight excluding hydrogens is 174 g/mol. The van der Waals surface area contributed by atoms with E-state index in [0.29, 0.717) is 11.3 Å². The van der Waals surface area contributed by atoms with Crippen LogP contribution in [0.3, 0.4) is 0 Å². The van der Waals surface area contributed by atoms with Crippen LogP contribution in [0.1, 0.15) is 33.3 Å². The van der Waals surface area contributed by atoms with Crippen LogP contribution in [0, 0.1) is 11.3 Å². The lowest BCUT2D eigenvalue weighted by Gasteiger charge is -1.98. The summed E-state index contributed by atoms with van der Waals surface area (Å²) in [7, 11) is 1.55. The number of ether oxygens (including phenoxy) is 1. The summed E-state index contributed by atoms with van der Waals surface area (Å²) in [4.78, 5) is 0. The maximum Gasteiger partial charge on any atom is 0.136 e. The first-order valence-electron chi connectivity index (χ1n) is 4.91. The SMILES string of the molecule is CC.CC.COc1ccccc1C#N. The number of nitriles is 1. The summed E-state index contributed by atoms with van der Waals surface area (Å²) in [5.74, 6) is 0.630. The third kappa shape index (κ3) is 5.21. The molecule has 2 heteroatoms. The average Bonchev–Trinajstić information content (AvgIpc) is 2.34. The molecule has 78 valence electrons. The van der Waals surface area contributed by atoms with E-state index in [1.807, 2.05) is 39.8 Å². The number of nitrogens with zero attached hydrogens (tertiary/aromatic N) is 1. The second kappa shape index (κ2) is 11.5.